The van der Waals surface area contributed by atoms with E-state index in [1.54, 1.807) is 18.9 Å². The molecule has 0 bridgehead atoms. The number of thiazole rings is 1. The summed E-state index contributed by atoms with van der Waals surface area (Å²) in [5.41, 5.74) is 6.35. The Morgan fingerprint density at radius 3 is 2.52 bits per heavy atom. The fourth-order valence-corrected chi connectivity index (χ4v) is 5.16. The van der Waals surface area contributed by atoms with Gasteiger partial charge < -0.3 is 4.74 Å². The van der Waals surface area contributed by atoms with Gasteiger partial charge in [-0.25, -0.2) is 4.98 Å². The maximum Gasteiger partial charge on any atom is 0.230 e. The lowest BCUT2D eigenvalue weighted by Crippen LogP contribution is -2.25. The number of carbonyl (C=O) groups excluding carboxylic acids is 2. The number of anilines is 2. The molecule has 0 aliphatic heterocycles. The molecule has 0 N–H and O–H groups in total. The van der Waals surface area contributed by atoms with Crippen LogP contribution in [0.4, 0.5) is 10.8 Å². The first kappa shape index (κ1) is 22.9. The zero-order valence-corrected chi connectivity index (χ0v) is 20.3. The maximum absolute atomic E-state index is 13.1. The number of hydrogen-bond donors (Lipinski definition) is 0. The lowest BCUT2D eigenvalue weighted by molar-refractivity contribution is -0.115. The number of aromatic nitrogens is 1. The van der Waals surface area contributed by atoms with E-state index in [2.05, 4.69) is 26.0 Å². The molecule has 3 aromatic rings. The number of fused-ring (bicyclic) bond motifs is 1. The summed E-state index contributed by atoms with van der Waals surface area (Å²) in [7, 11) is 1.63. The number of rotatable bonds is 6. The minimum absolute atomic E-state index is 0.0291. The Balaban J connectivity index is 1.68. The number of Topliss-reactive ketones (excluding diaryl/α,β-unsaturated/α-hetero) is 1. The fourth-order valence-electron chi connectivity index (χ4n) is 4.33. The molecule has 0 fully saturated rings. The summed E-state index contributed by atoms with van der Waals surface area (Å²) in [6.45, 7) is 5.76. The SMILES string of the molecule is CCc1cccc(CC)c1N(C(C)=O)c1nc(/C=C2/CCc3cc(OC)ccc3C2=O)cs1. The Morgan fingerprint density at radius 2 is 1.88 bits per heavy atom. The highest BCUT2D eigenvalue weighted by atomic mass is 32.1. The Kier molecular flexibility index (Phi) is 6.75. The van der Waals surface area contributed by atoms with Crippen LogP contribution in [0.1, 0.15) is 59.9 Å². The van der Waals surface area contributed by atoms with Crippen molar-refractivity contribution in [2.24, 2.45) is 0 Å². The molecular formula is C27H28N2O3S. The predicted octanol–water partition coefficient (Wildman–Crippen LogP) is 6.17. The normalized spacial score (nSPS) is 14.3. The first-order valence-corrected chi connectivity index (χ1v) is 12.1. The van der Waals surface area contributed by atoms with E-state index in [1.165, 1.54) is 11.3 Å². The summed E-state index contributed by atoms with van der Waals surface area (Å²) in [6.07, 6.45) is 4.95. The highest BCUT2D eigenvalue weighted by molar-refractivity contribution is 7.14. The Morgan fingerprint density at radius 1 is 1.15 bits per heavy atom. The average molecular weight is 461 g/mol. The summed E-state index contributed by atoms with van der Waals surface area (Å²) in [4.78, 5) is 32.3. The molecule has 0 unspecified atom stereocenters. The molecule has 0 saturated heterocycles. The molecule has 1 aromatic heterocycles. The van der Waals surface area contributed by atoms with Gasteiger partial charge in [-0.05, 0) is 66.6 Å². The van der Waals surface area contributed by atoms with E-state index in [0.29, 0.717) is 17.2 Å². The van der Waals surface area contributed by atoms with Gasteiger partial charge in [0.1, 0.15) is 5.75 Å². The van der Waals surface area contributed by atoms with E-state index < -0.39 is 0 Å². The van der Waals surface area contributed by atoms with E-state index in [9.17, 15) is 9.59 Å². The van der Waals surface area contributed by atoms with Gasteiger partial charge in [-0.1, -0.05) is 32.0 Å². The Bertz CT molecular complexity index is 1220. The number of hydrogen-bond acceptors (Lipinski definition) is 5. The number of nitrogens with zero attached hydrogens (tertiary/aromatic N) is 2. The molecule has 5 nitrogen and oxygen atoms in total. The second-order valence-corrected chi connectivity index (χ2v) is 8.90. The van der Waals surface area contributed by atoms with Crippen LogP contribution in [0.15, 0.2) is 47.4 Å². The molecule has 1 aliphatic rings. The molecule has 4 rings (SSSR count). The third-order valence-corrected chi connectivity index (χ3v) is 6.88. The van der Waals surface area contributed by atoms with E-state index in [0.717, 1.165) is 58.5 Å². The van der Waals surface area contributed by atoms with Crippen molar-refractivity contribution in [2.75, 3.05) is 12.0 Å². The molecular weight excluding hydrogens is 432 g/mol. The first-order valence-electron chi connectivity index (χ1n) is 11.3. The second kappa shape index (κ2) is 9.71. The van der Waals surface area contributed by atoms with Gasteiger partial charge in [0.25, 0.3) is 0 Å². The van der Waals surface area contributed by atoms with Crippen molar-refractivity contribution < 1.29 is 14.3 Å². The largest absolute Gasteiger partial charge is 0.497 e. The fraction of sp³-hybridized carbons (Fsp3) is 0.296. The van der Waals surface area contributed by atoms with Crippen LogP contribution >= 0.6 is 11.3 Å². The van der Waals surface area contributed by atoms with Gasteiger partial charge in [-0.3, -0.25) is 14.5 Å². The number of aryl methyl sites for hydroxylation is 3. The molecule has 0 spiro atoms. The van der Waals surface area contributed by atoms with Crippen LogP contribution < -0.4 is 9.64 Å². The third-order valence-electron chi connectivity index (χ3n) is 6.04. The van der Waals surface area contributed by atoms with Gasteiger partial charge in [0.15, 0.2) is 10.9 Å². The predicted molar refractivity (Wildman–Crippen MR) is 134 cm³/mol. The molecule has 0 atom stereocenters. The van der Waals surface area contributed by atoms with Crippen LogP contribution in [0.25, 0.3) is 6.08 Å². The van der Waals surface area contributed by atoms with Crippen molar-refractivity contribution in [3.63, 3.8) is 0 Å². The van der Waals surface area contributed by atoms with Crippen molar-refractivity contribution in [1.82, 2.24) is 4.98 Å². The van der Waals surface area contributed by atoms with E-state index >= 15 is 0 Å². The highest BCUT2D eigenvalue weighted by Gasteiger charge is 2.25. The van der Waals surface area contributed by atoms with Crippen molar-refractivity contribution in [1.29, 1.82) is 0 Å². The first-order chi connectivity index (χ1) is 16.0. The van der Waals surface area contributed by atoms with Crippen LogP contribution in [0.5, 0.6) is 5.75 Å². The number of allylic oxidation sites excluding steroid dienone is 1. The summed E-state index contributed by atoms with van der Waals surface area (Å²) >= 11 is 1.42. The zero-order chi connectivity index (χ0) is 23.5. The number of benzene rings is 2. The van der Waals surface area contributed by atoms with E-state index in [4.69, 9.17) is 9.72 Å². The highest BCUT2D eigenvalue weighted by Crippen LogP contribution is 2.36. The number of methoxy groups -OCH3 is 1. The molecule has 170 valence electrons. The monoisotopic (exact) mass is 460 g/mol. The molecule has 1 aliphatic carbocycles. The maximum atomic E-state index is 13.1. The van der Waals surface area contributed by atoms with Crippen molar-refractivity contribution in [3.8, 4) is 5.75 Å². The molecule has 6 heteroatoms. The van der Waals surface area contributed by atoms with E-state index in [1.807, 2.05) is 35.7 Å². The van der Waals surface area contributed by atoms with Crippen LogP contribution in [-0.4, -0.2) is 23.8 Å². The topological polar surface area (TPSA) is 59.5 Å². The van der Waals surface area contributed by atoms with Crippen molar-refractivity contribution in [2.45, 2.75) is 46.5 Å². The standard InChI is InChI=1S/C27H28N2O3S/c1-5-18-8-7-9-19(6-2)25(18)29(17(3)30)27-28-22(16-33-27)14-21-11-10-20-15-23(32-4)12-13-24(20)26(21)31/h7-9,12-16H,5-6,10-11H2,1-4H3/b21-14-. The van der Waals surface area contributed by atoms with Crippen LogP contribution in [0, 0.1) is 0 Å². The van der Waals surface area contributed by atoms with Gasteiger partial charge in [0, 0.05) is 23.4 Å². The van der Waals surface area contributed by atoms with Crippen molar-refractivity contribution in [3.05, 3.63) is 75.3 Å². The Hall–Kier alpha value is -3.25. The lowest BCUT2D eigenvalue weighted by Gasteiger charge is -2.24. The van der Waals surface area contributed by atoms with Crippen LogP contribution in [0.3, 0.4) is 0 Å². The Labute approximate surface area is 198 Å². The molecule has 0 radical (unpaired) electrons. The number of ketones is 1. The summed E-state index contributed by atoms with van der Waals surface area (Å²) < 4.78 is 5.29. The second-order valence-electron chi connectivity index (χ2n) is 8.06. The summed E-state index contributed by atoms with van der Waals surface area (Å²) in [5.74, 6) is 0.721. The minimum atomic E-state index is -0.0734. The number of amides is 1. The summed E-state index contributed by atoms with van der Waals surface area (Å²) in [6, 6.07) is 11.8. The third kappa shape index (κ3) is 4.48. The van der Waals surface area contributed by atoms with Gasteiger partial charge in [-0.2, -0.15) is 0 Å². The molecule has 33 heavy (non-hydrogen) atoms. The molecule has 1 heterocycles. The van der Waals surface area contributed by atoms with Crippen molar-refractivity contribution >= 4 is 39.9 Å². The van der Waals surface area contributed by atoms with Gasteiger partial charge in [-0.15, -0.1) is 11.3 Å². The number of carbonyl (C=O) groups is 2. The van der Waals surface area contributed by atoms with E-state index in [-0.39, 0.29) is 11.7 Å². The molecule has 2 aromatic carbocycles. The lowest BCUT2D eigenvalue weighted by atomic mass is 9.86. The number of ether oxygens (including phenoxy) is 1. The quantitative estimate of drug-likeness (QED) is 0.413. The number of para-hydroxylation sites is 1. The van der Waals surface area contributed by atoms with Crippen LogP contribution in [-0.2, 0) is 24.1 Å². The van der Waals surface area contributed by atoms with Crippen LogP contribution in [0.2, 0.25) is 0 Å². The average Bonchev–Trinajstić information content (AvgIpc) is 3.28. The van der Waals surface area contributed by atoms with Gasteiger partial charge in [0.05, 0.1) is 18.5 Å². The van der Waals surface area contributed by atoms with Gasteiger partial charge >= 0.3 is 0 Å². The zero-order valence-electron chi connectivity index (χ0n) is 19.5. The molecule has 1 amide bonds. The van der Waals surface area contributed by atoms with Gasteiger partial charge in [0.2, 0.25) is 5.91 Å². The summed E-state index contributed by atoms with van der Waals surface area (Å²) in [5, 5.41) is 2.54. The molecule has 0 saturated carbocycles. The smallest absolute Gasteiger partial charge is 0.230 e. The minimum Gasteiger partial charge on any atom is -0.497 e.